The maximum Gasteiger partial charge on any atom is 0.311 e. The fourth-order valence-electron chi connectivity index (χ4n) is 4.35. The number of ether oxygens (including phenoxy) is 2. The van der Waals surface area contributed by atoms with E-state index in [-0.39, 0.29) is 5.82 Å². The van der Waals surface area contributed by atoms with Gasteiger partial charge in [0.1, 0.15) is 35.7 Å². The second-order valence-corrected chi connectivity index (χ2v) is 6.36. The summed E-state index contributed by atoms with van der Waals surface area (Å²) in [5.74, 6) is -3.43. The highest BCUT2D eigenvalue weighted by Gasteiger charge is 2.82. The molecule has 0 aromatic heterocycles. The van der Waals surface area contributed by atoms with Gasteiger partial charge in [0.25, 0.3) is 0 Å². The third-order valence-electron chi connectivity index (χ3n) is 5.31. The topological polar surface area (TPSA) is 164 Å². The quantitative estimate of drug-likeness (QED) is 0.235. The molecule has 1 aliphatic carbocycles. The molecule has 0 aromatic rings. The average molecular weight is 318 g/mol. The van der Waals surface area contributed by atoms with Gasteiger partial charge in [-0.3, -0.25) is 0 Å². The van der Waals surface area contributed by atoms with Crippen LogP contribution >= 0.6 is 0 Å². The lowest BCUT2D eigenvalue weighted by molar-refractivity contribution is -0.550. The van der Waals surface area contributed by atoms with E-state index in [1.54, 1.807) is 0 Å². The lowest BCUT2D eigenvalue weighted by Gasteiger charge is -2.72. The molecular formula is C12H18N2O8. The Labute approximate surface area is 124 Å². The summed E-state index contributed by atoms with van der Waals surface area (Å²) in [5, 5.41) is 67.3. The molecule has 1 spiro atoms. The number of hydrogen-bond acceptors (Lipinski definition) is 10. The van der Waals surface area contributed by atoms with Gasteiger partial charge >= 0.3 is 5.97 Å². The van der Waals surface area contributed by atoms with Crippen molar-refractivity contribution >= 4 is 0 Å². The first-order valence-corrected chi connectivity index (χ1v) is 6.90. The van der Waals surface area contributed by atoms with Crippen LogP contribution in [0.5, 0.6) is 0 Å². The van der Waals surface area contributed by atoms with E-state index in [0.29, 0.717) is 0 Å². The van der Waals surface area contributed by atoms with Crippen LogP contribution < -0.4 is 10.6 Å². The number of rotatable bonds is 1. The number of aliphatic hydroxyl groups excluding tert-OH is 4. The molecule has 5 aliphatic rings. The van der Waals surface area contributed by atoms with Gasteiger partial charge in [-0.25, -0.2) is 0 Å². The standard InChI is InChI=1S/C12H18N2O8/c1-3-13-8(17)4-6-10(19,2-15)7-5(16)11(4,14-3)9(18)12(20,21-6)22-7/h4-9,13-20H,1-2H2. The van der Waals surface area contributed by atoms with Gasteiger partial charge in [0.05, 0.1) is 18.3 Å². The molecule has 0 amide bonds. The molecule has 4 aliphatic heterocycles. The summed E-state index contributed by atoms with van der Waals surface area (Å²) in [5.41, 5.74) is -3.70. The summed E-state index contributed by atoms with van der Waals surface area (Å²) in [6, 6.07) is 0. The lowest BCUT2D eigenvalue weighted by Crippen LogP contribution is -2.95. The van der Waals surface area contributed by atoms with Crippen molar-refractivity contribution in [2.45, 2.75) is 47.8 Å². The molecule has 4 heterocycles. The van der Waals surface area contributed by atoms with E-state index in [4.69, 9.17) is 9.47 Å². The average Bonchev–Trinajstić information content (AvgIpc) is 2.45. The molecule has 4 saturated heterocycles. The van der Waals surface area contributed by atoms with E-state index in [1.165, 1.54) is 0 Å². The van der Waals surface area contributed by atoms with Crippen LogP contribution in [0, 0.1) is 5.92 Å². The van der Waals surface area contributed by atoms with Gasteiger partial charge in [0.15, 0.2) is 6.10 Å². The molecule has 4 bridgehead atoms. The van der Waals surface area contributed by atoms with Crippen molar-refractivity contribution in [2.24, 2.45) is 5.92 Å². The zero-order valence-corrected chi connectivity index (χ0v) is 11.4. The molecule has 5 fully saturated rings. The monoisotopic (exact) mass is 318 g/mol. The second kappa shape index (κ2) is 3.91. The highest BCUT2D eigenvalue weighted by atomic mass is 16.9. The minimum atomic E-state index is -2.48. The molecule has 10 heteroatoms. The van der Waals surface area contributed by atoms with Gasteiger partial charge < -0.3 is 50.7 Å². The number of nitrogens with one attached hydrogen (secondary N) is 2. The predicted molar refractivity (Wildman–Crippen MR) is 66.4 cm³/mol. The van der Waals surface area contributed by atoms with Crippen LogP contribution in [0.15, 0.2) is 12.4 Å². The molecule has 5 rings (SSSR count). The lowest BCUT2D eigenvalue weighted by atomic mass is 9.55. The summed E-state index contributed by atoms with van der Waals surface area (Å²) < 4.78 is 10.3. The first kappa shape index (κ1) is 14.6. The van der Waals surface area contributed by atoms with E-state index < -0.39 is 60.3 Å². The second-order valence-electron chi connectivity index (χ2n) is 6.36. The van der Waals surface area contributed by atoms with Crippen LogP contribution in [0.3, 0.4) is 0 Å². The predicted octanol–water partition coefficient (Wildman–Crippen LogP) is -4.77. The molecule has 9 unspecified atom stereocenters. The first-order chi connectivity index (χ1) is 10.2. The molecular weight excluding hydrogens is 300 g/mol. The summed E-state index contributed by atoms with van der Waals surface area (Å²) in [6.45, 7) is 2.78. The number of aliphatic hydroxyl groups is 6. The van der Waals surface area contributed by atoms with Crippen LogP contribution in [0.25, 0.3) is 0 Å². The van der Waals surface area contributed by atoms with Crippen molar-refractivity contribution in [3.8, 4) is 0 Å². The Kier molecular flexibility index (Phi) is 2.60. The number of hydrogen-bond donors (Lipinski definition) is 8. The van der Waals surface area contributed by atoms with Gasteiger partial charge in [-0.15, -0.1) is 0 Å². The molecule has 22 heavy (non-hydrogen) atoms. The van der Waals surface area contributed by atoms with Crippen molar-refractivity contribution in [3.05, 3.63) is 12.4 Å². The molecule has 124 valence electrons. The van der Waals surface area contributed by atoms with E-state index in [9.17, 15) is 30.6 Å². The van der Waals surface area contributed by atoms with Crippen molar-refractivity contribution < 1.29 is 40.1 Å². The van der Waals surface area contributed by atoms with Gasteiger partial charge in [0, 0.05) is 0 Å². The third kappa shape index (κ3) is 1.30. The summed E-state index contributed by atoms with van der Waals surface area (Å²) in [7, 11) is 0. The Bertz CT molecular complexity index is 547. The zero-order chi connectivity index (χ0) is 16.1. The normalized spacial score (nSPS) is 62.4. The van der Waals surface area contributed by atoms with Gasteiger partial charge in [-0.1, -0.05) is 6.58 Å². The minimum absolute atomic E-state index is 0.125. The Hall–Kier alpha value is -0.980. The van der Waals surface area contributed by atoms with Crippen molar-refractivity contribution in [3.63, 3.8) is 0 Å². The van der Waals surface area contributed by atoms with Crippen LogP contribution in [0.4, 0.5) is 0 Å². The van der Waals surface area contributed by atoms with Crippen molar-refractivity contribution in [2.75, 3.05) is 6.61 Å². The SMILES string of the molecule is C=C1NC(O)C2C3OC4(O)OC(C(O)C2(N1)C4O)C3(O)CO. The molecule has 1 saturated carbocycles. The summed E-state index contributed by atoms with van der Waals surface area (Å²) in [4.78, 5) is 0. The maximum absolute atomic E-state index is 10.6. The highest BCUT2D eigenvalue weighted by Crippen LogP contribution is 2.58. The largest absolute Gasteiger partial charge is 0.393 e. The fourth-order valence-corrected chi connectivity index (χ4v) is 4.35. The van der Waals surface area contributed by atoms with E-state index in [0.717, 1.165) is 0 Å². The van der Waals surface area contributed by atoms with Crippen LogP contribution in [0.1, 0.15) is 0 Å². The highest BCUT2D eigenvalue weighted by molar-refractivity contribution is 5.31. The Balaban J connectivity index is 1.93. The van der Waals surface area contributed by atoms with Crippen LogP contribution in [0.2, 0.25) is 0 Å². The van der Waals surface area contributed by atoms with E-state index >= 15 is 0 Å². The van der Waals surface area contributed by atoms with Gasteiger partial charge in [-0.2, -0.15) is 0 Å². The van der Waals surface area contributed by atoms with Crippen LogP contribution in [-0.4, -0.2) is 85.0 Å². The molecule has 0 aromatic carbocycles. The van der Waals surface area contributed by atoms with E-state index in [1.807, 2.05) is 0 Å². The van der Waals surface area contributed by atoms with Crippen molar-refractivity contribution in [1.82, 2.24) is 10.6 Å². The molecule has 8 N–H and O–H groups in total. The summed E-state index contributed by atoms with van der Waals surface area (Å²) >= 11 is 0. The Morgan fingerprint density at radius 1 is 1.14 bits per heavy atom. The minimum Gasteiger partial charge on any atom is -0.393 e. The van der Waals surface area contributed by atoms with Crippen LogP contribution in [-0.2, 0) is 9.47 Å². The smallest absolute Gasteiger partial charge is 0.311 e. The van der Waals surface area contributed by atoms with Gasteiger partial charge in [-0.05, 0) is 0 Å². The Morgan fingerprint density at radius 3 is 2.41 bits per heavy atom. The first-order valence-electron chi connectivity index (χ1n) is 6.90. The molecule has 10 nitrogen and oxygen atoms in total. The maximum atomic E-state index is 10.6. The van der Waals surface area contributed by atoms with Crippen molar-refractivity contribution in [1.29, 1.82) is 0 Å². The van der Waals surface area contributed by atoms with E-state index in [2.05, 4.69) is 17.2 Å². The third-order valence-corrected chi connectivity index (χ3v) is 5.31. The molecule has 9 atom stereocenters. The Morgan fingerprint density at radius 2 is 1.77 bits per heavy atom. The fraction of sp³-hybridized carbons (Fsp3) is 0.833. The van der Waals surface area contributed by atoms with Gasteiger partial charge in [0.2, 0.25) is 0 Å². The zero-order valence-electron chi connectivity index (χ0n) is 11.4. The molecule has 0 radical (unpaired) electrons. The summed E-state index contributed by atoms with van der Waals surface area (Å²) in [6.07, 6.45) is -7.37.